The third-order valence-corrected chi connectivity index (χ3v) is 5.51. The number of amides is 2. The smallest absolute Gasteiger partial charge is 0.321 e. The Kier molecular flexibility index (Phi) is 5.53. The van der Waals surface area contributed by atoms with Gasteiger partial charge in [-0.3, -0.25) is 0 Å². The number of rotatable bonds is 3. The summed E-state index contributed by atoms with van der Waals surface area (Å²) in [6, 6.07) is 13.6. The number of halogens is 1. The van der Waals surface area contributed by atoms with E-state index in [1.165, 1.54) is 5.56 Å². The lowest BCUT2D eigenvalue weighted by Crippen LogP contribution is -2.50. The number of piperazine rings is 1. The number of carbonyl (C=O) groups is 1. The molecule has 3 aromatic rings. The molecule has 7 heteroatoms. The molecule has 1 N–H and O–H groups in total. The Morgan fingerprint density at radius 2 is 1.76 bits per heavy atom. The molecule has 29 heavy (non-hydrogen) atoms. The first-order chi connectivity index (χ1) is 14.0. The Morgan fingerprint density at radius 3 is 2.45 bits per heavy atom. The minimum atomic E-state index is -0.0717. The van der Waals surface area contributed by atoms with E-state index in [1.807, 2.05) is 35.2 Å². The van der Waals surface area contributed by atoms with Crippen LogP contribution in [0.4, 0.5) is 16.3 Å². The van der Waals surface area contributed by atoms with Crippen LogP contribution < -0.4 is 10.2 Å². The maximum absolute atomic E-state index is 12.6. The molecule has 0 radical (unpaired) electrons. The van der Waals surface area contributed by atoms with Crippen LogP contribution in [0, 0.1) is 0 Å². The second-order valence-electron chi connectivity index (χ2n) is 7.54. The molecule has 0 bridgehead atoms. The molecule has 2 heterocycles. The highest BCUT2D eigenvalue weighted by Crippen LogP contribution is 2.26. The standard InChI is InChI=1S/C22H24ClN5O/c1-15(2)16-3-6-18(7-4-16)26-22(29)28-11-9-27(10-12-28)21-19-13-17(23)5-8-20(19)24-14-25-21/h3-8,13-15H,9-12H2,1-2H3,(H,26,29). The van der Waals surface area contributed by atoms with E-state index in [0.717, 1.165) is 22.4 Å². The highest BCUT2D eigenvalue weighted by atomic mass is 35.5. The van der Waals surface area contributed by atoms with Gasteiger partial charge in [0, 0.05) is 42.3 Å². The van der Waals surface area contributed by atoms with Gasteiger partial charge in [-0.15, -0.1) is 0 Å². The topological polar surface area (TPSA) is 61.4 Å². The van der Waals surface area contributed by atoms with Crippen LogP contribution in [0.2, 0.25) is 5.02 Å². The third kappa shape index (κ3) is 4.27. The summed E-state index contributed by atoms with van der Waals surface area (Å²) in [5.41, 5.74) is 2.94. The number of hydrogen-bond donors (Lipinski definition) is 1. The highest BCUT2D eigenvalue weighted by molar-refractivity contribution is 6.31. The van der Waals surface area contributed by atoms with Crippen molar-refractivity contribution in [2.24, 2.45) is 0 Å². The van der Waals surface area contributed by atoms with Gasteiger partial charge in [-0.05, 0) is 41.8 Å². The molecule has 1 aliphatic rings. The van der Waals surface area contributed by atoms with E-state index in [2.05, 4.69) is 46.2 Å². The molecule has 6 nitrogen and oxygen atoms in total. The van der Waals surface area contributed by atoms with Crippen LogP contribution in [0.25, 0.3) is 10.9 Å². The molecule has 2 aromatic carbocycles. The van der Waals surface area contributed by atoms with E-state index in [1.54, 1.807) is 6.33 Å². The Bertz CT molecular complexity index is 1010. The van der Waals surface area contributed by atoms with E-state index >= 15 is 0 Å². The lowest BCUT2D eigenvalue weighted by atomic mass is 10.0. The van der Waals surface area contributed by atoms with Gasteiger partial charge >= 0.3 is 6.03 Å². The number of benzene rings is 2. The molecule has 2 amide bonds. The summed E-state index contributed by atoms with van der Waals surface area (Å²) in [5, 5.41) is 4.59. The van der Waals surface area contributed by atoms with E-state index < -0.39 is 0 Å². The maximum Gasteiger partial charge on any atom is 0.321 e. The molecule has 0 atom stereocenters. The summed E-state index contributed by atoms with van der Waals surface area (Å²) in [7, 11) is 0. The fourth-order valence-corrected chi connectivity index (χ4v) is 3.71. The van der Waals surface area contributed by atoms with Crippen LogP contribution >= 0.6 is 11.6 Å². The fraction of sp³-hybridized carbons (Fsp3) is 0.318. The minimum absolute atomic E-state index is 0.0717. The number of nitrogens with zero attached hydrogens (tertiary/aromatic N) is 4. The molecule has 1 fully saturated rings. The number of aromatic nitrogens is 2. The fourth-order valence-electron chi connectivity index (χ4n) is 3.54. The van der Waals surface area contributed by atoms with Crippen molar-refractivity contribution in [1.82, 2.24) is 14.9 Å². The predicted octanol–water partition coefficient (Wildman–Crippen LogP) is 4.76. The van der Waals surface area contributed by atoms with Crippen LogP contribution in [0.3, 0.4) is 0 Å². The molecular weight excluding hydrogens is 386 g/mol. The number of carbonyl (C=O) groups excluding carboxylic acids is 1. The first kappa shape index (κ1) is 19.5. The van der Waals surface area contributed by atoms with Gasteiger partial charge < -0.3 is 15.1 Å². The van der Waals surface area contributed by atoms with Gasteiger partial charge in [0.25, 0.3) is 0 Å². The highest BCUT2D eigenvalue weighted by Gasteiger charge is 2.23. The molecule has 4 rings (SSSR count). The van der Waals surface area contributed by atoms with Crippen molar-refractivity contribution < 1.29 is 4.79 Å². The molecule has 0 unspecified atom stereocenters. The molecule has 0 aliphatic carbocycles. The first-order valence-electron chi connectivity index (χ1n) is 9.82. The van der Waals surface area contributed by atoms with Crippen molar-refractivity contribution >= 4 is 40.0 Å². The molecule has 1 saturated heterocycles. The van der Waals surface area contributed by atoms with E-state index in [-0.39, 0.29) is 6.03 Å². The summed E-state index contributed by atoms with van der Waals surface area (Å²) < 4.78 is 0. The van der Waals surface area contributed by atoms with Gasteiger partial charge in [0.1, 0.15) is 12.1 Å². The van der Waals surface area contributed by atoms with Gasteiger partial charge in [-0.2, -0.15) is 0 Å². The lowest BCUT2D eigenvalue weighted by Gasteiger charge is -2.35. The van der Waals surface area contributed by atoms with Gasteiger partial charge in [0.2, 0.25) is 0 Å². The molecule has 1 aliphatic heterocycles. The second-order valence-corrected chi connectivity index (χ2v) is 7.98. The van der Waals surface area contributed by atoms with Crippen molar-refractivity contribution in [2.75, 3.05) is 36.4 Å². The number of fused-ring (bicyclic) bond motifs is 1. The van der Waals surface area contributed by atoms with Crippen LogP contribution in [-0.2, 0) is 0 Å². The number of nitrogens with one attached hydrogen (secondary N) is 1. The maximum atomic E-state index is 12.6. The number of urea groups is 1. The predicted molar refractivity (Wildman–Crippen MR) is 118 cm³/mol. The van der Waals surface area contributed by atoms with Crippen LogP contribution in [-0.4, -0.2) is 47.1 Å². The first-order valence-corrected chi connectivity index (χ1v) is 10.2. The molecule has 150 valence electrons. The van der Waals surface area contributed by atoms with Crippen molar-refractivity contribution in [3.8, 4) is 0 Å². The summed E-state index contributed by atoms with van der Waals surface area (Å²) in [4.78, 5) is 25.4. The zero-order valence-electron chi connectivity index (χ0n) is 16.6. The average Bonchev–Trinajstić information content (AvgIpc) is 2.74. The normalized spacial score (nSPS) is 14.5. The van der Waals surface area contributed by atoms with Crippen molar-refractivity contribution in [2.45, 2.75) is 19.8 Å². The zero-order chi connectivity index (χ0) is 20.4. The summed E-state index contributed by atoms with van der Waals surface area (Å²) in [6.45, 7) is 6.98. The Labute approximate surface area is 175 Å². The summed E-state index contributed by atoms with van der Waals surface area (Å²) in [5.74, 6) is 1.34. The zero-order valence-corrected chi connectivity index (χ0v) is 17.4. The summed E-state index contributed by atoms with van der Waals surface area (Å²) in [6.07, 6.45) is 1.57. The van der Waals surface area contributed by atoms with Crippen molar-refractivity contribution in [3.05, 3.63) is 59.4 Å². The second kappa shape index (κ2) is 8.25. The van der Waals surface area contributed by atoms with Crippen LogP contribution in [0.15, 0.2) is 48.8 Å². The molecule has 0 spiro atoms. The summed E-state index contributed by atoms with van der Waals surface area (Å²) >= 11 is 6.16. The Balaban J connectivity index is 1.40. The molecule has 0 saturated carbocycles. The van der Waals surface area contributed by atoms with Crippen molar-refractivity contribution in [3.63, 3.8) is 0 Å². The van der Waals surface area contributed by atoms with Crippen molar-refractivity contribution in [1.29, 1.82) is 0 Å². The largest absolute Gasteiger partial charge is 0.352 e. The monoisotopic (exact) mass is 409 g/mol. The Hall–Kier alpha value is -2.86. The minimum Gasteiger partial charge on any atom is -0.352 e. The molecular formula is C22H24ClN5O. The average molecular weight is 410 g/mol. The van der Waals surface area contributed by atoms with Crippen LogP contribution in [0.5, 0.6) is 0 Å². The van der Waals surface area contributed by atoms with E-state index in [4.69, 9.17) is 11.6 Å². The quantitative estimate of drug-likeness (QED) is 0.677. The van der Waals surface area contributed by atoms with Gasteiger partial charge in [0.15, 0.2) is 0 Å². The van der Waals surface area contributed by atoms with E-state index in [0.29, 0.717) is 37.1 Å². The number of hydrogen-bond acceptors (Lipinski definition) is 4. The van der Waals surface area contributed by atoms with E-state index in [9.17, 15) is 4.79 Å². The van der Waals surface area contributed by atoms with Crippen LogP contribution in [0.1, 0.15) is 25.3 Å². The number of anilines is 2. The third-order valence-electron chi connectivity index (χ3n) is 5.27. The lowest BCUT2D eigenvalue weighted by molar-refractivity contribution is 0.208. The van der Waals surface area contributed by atoms with Gasteiger partial charge in [-0.25, -0.2) is 14.8 Å². The SMILES string of the molecule is CC(C)c1ccc(NC(=O)N2CCN(c3ncnc4ccc(Cl)cc34)CC2)cc1. The Morgan fingerprint density at radius 1 is 1.03 bits per heavy atom. The molecule has 1 aromatic heterocycles. The van der Waals surface area contributed by atoms with Gasteiger partial charge in [0.05, 0.1) is 5.52 Å². The van der Waals surface area contributed by atoms with Gasteiger partial charge in [-0.1, -0.05) is 37.6 Å².